The van der Waals surface area contributed by atoms with E-state index in [0.29, 0.717) is 10.8 Å². The van der Waals surface area contributed by atoms with Gasteiger partial charge in [0.1, 0.15) is 0 Å². The largest absolute Gasteiger partial charge is 0.342 e. The van der Waals surface area contributed by atoms with Gasteiger partial charge in [-0.25, -0.2) is 0 Å². The zero-order valence-electron chi connectivity index (χ0n) is 5.19. The molecule has 1 N–H and O–H groups in total. The molecule has 0 heterocycles. The Bertz CT molecular complexity index is 210. The summed E-state index contributed by atoms with van der Waals surface area (Å²) >= 11 is 0. The van der Waals surface area contributed by atoms with Gasteiger partial charge in [-0.2, -0.15) is 5.06 Å². The lowest BCUT2D eigenvalue weighted by molar-refractivity contribution is 0.303. The van der Waals surface area contributed by atoms with Gasteiger partial charge in [0.25, 0.3) is 0 Å². The van der Waals surface area contributed by atoms with Crippen LogP contribution in [0.1, 0.15) is 0 Å². The second-order valence-corrected chi connectivity index (χ2v) is 1.74. The summed E-state index contributed by atoms with van der Waals surface area (Å²) in [5.41, 5.74) is 0.414. The third-order valence-corrected chi connectivity index (χ3v) is 1.09. The van der Waals surface area contributed by atoms with Crippen molar-refractivity contribution in [1.29, 1.82) is 0 Å². The summed E-state index contributed by atoms with van der Waals surface area (Å²) in [6.07, 6.45) is 1.32. The van der Waals surface area contributed by atoms with Crippen molar-refractivity contribution in [3.63, 3.8) is 0 Å². The lowest BCUT2D eigenvalue weighted by atomic mass is 10.3. The highest BCUT2D eigenvalue weighted by atomic mass is 16.5. The number of carbonyl (C=O) groups excluding carboxylic acids is 1. The molecular formula is C7H6NO2. The van der Waals surface area contributed by atoms with Crippen molar-refractivity contribution in [3.8, 4) is 0 Å². The van der Waals surface area contributed by atoms with Gasteiger partial charge in [-0.05, 0) is 12.1 Å². The van der Waals surface area contributed by atoms with Gasteiger partial charge in [0.05, 0.1) is 5.69 Å². The Balaban J connectivity index is 2.84. The molecule has 0 saturated heterocycles. The molecule has 1 aromatic rings. The van der Waals surface area contributed by atoms with Crippen molar-refractivity contribution in [3.05, 3.63) is 30.3 Å². The molecule has 1 amide bonds. The Morgan fingerprint density at radius 1 is 1.30 bits per heavy atom. The first-order valence-electron chi connectivity index (χ1n) is 2.76. The predicted molar refractivity (Wildman–Crippen MR) is 36.4 cm³/mol. The molecule has 1 rings (SSSR count). The molecule has 0 aliphatic heterocycles. The number of hydroxylamine groups is 1. The summed E-state index contributed by atoms with van der Waals surface area (Å²) in [6.45, 7) is 0. The van der Waals surface area contributed by atoms with E-state index in [1.165, 1.54) is 6.41 Å². The zero-order chi connectivity index (χ0) is 7.40. The van der Waals surface area contributed by atoms with Crippen LogP contribution in [-0.2, 0) is 4.79 Å². The van der Waals surface area contributed by atoms with Crippen LogP contribution in [0.25, 0.3) is 0 Å². The van der Waals surface area contributed by atoms with Crippen LogP contribution in [0.4, 0.5) is 5.69 Å². The van der Waals surface area contributed by atoms with Crippen molar-refractivity contribution in [2.45, 2.75) is 0 Å². The second-order valence-electron chi connectivity index (χ2n) is 1.74. The number of anilines is 1. The Morgan fingerprint density at radius 3 is 2.40 bits per heavy atom. The summed E-state index contributed by atoms with van der Waals surface area (Å²) in [7, 11) is 0. The topological polar surface area (TPSA) is 40.5 Å². The molecule has 0 unspecified atom stereocenters. The van der Waals surface area contributed by atoms with Crippen LogP contribution in [0, 0.1) is 0 Å². The molecule has 0 spiro atoms. The first-order chi connectivity index (χ1) is 4.84. The van der Waals surface area contributed by atoms with E-state index >= 15 is 0 Å². The Kier molecular flexibility index (Phi) is 2.02. The number of hydrogen-bond donors (Lipinski definition) is 1. The Hall–Kier alpha value is -1.35. The highest BCUT2D eigenvalue weighted by Crippen LogP contribution is 2.07. The maximum atomic E-state index is 9.86. The van der Waals surface area contributed by atoms with Gasteiger partial charge in [-0.3, -0.25) is 10.0 Å². The Morgan fingerprint density at radius 2 is 1.90 bits per heavy atom. The zero-order valence-corrected chi connectivity index (χ0v) is 5.19. The van der Waals surface area contributed by atoms with Gasteiger partial charge in [-0.1, -0.05) is 18.2 Å². The number of hydrogen-bond acceptors (Lipinski definition) is 2. The van der Waals surface area contributed by atoms with E-state index in [-0.39, 0.29) is 0 Å². The molecule has 0 atom stereocenters. The predicted octanol–water partition coefficient (Wildman–Crippen LogP) is 0.949. The fraction of sp³-hybridized carbons (Fsp3) is 0. The van der Waals surface area contributed by atoms with Crippen molar-refractivity contribution in [2.24, 2.45) is 0 Å². The number of benzene rings is 1. The summed E-state index contributed by atoms with van der Waals surface area (Å²) in [4.78, 5) is 9.86. The average Bonchev–Trinajstić information content (AvgIpc) is 2.05. The Labute approximate surface area is 58.5 Å². The molecule has 0 aliphatic carbocycles. The van der Waals surface area contributed by atoms with Crippen LogP contribution < -0.4 is 5.06 Å². The van der Waals surface area contributed by atoms with Gasteiger partial charge in [0, 0.05) is 0 Å². The molecular weight excluding hydrogens is 130 g/mol. The van der Waals surface area contributed by atoms with Crippen LogP contribution in [0.2, 0.25) is 0 Å². The quantitative estimate of drug-likeness (QED) is 0.373. The van der Waals surface area contributed by atoms with Gasteiger partial charge in [-0.15, -0.1) is 0 Å². The molecule has 0 bridgehead atoms. The molecule has 3 nitrogen and oxygen atoms in total. The SMILES string of the molecule is O=[C]N(O)c1ccccc1. The standard InChI is InChI=1S/C7H6NO2/c9-6-8(10)7-4-2-1-3-5-7/h1-5,10H. The molecule has 3 heteroatoms. The van der Waals surface area contributed by atoms with E-state index in [4.69, 9.17) is 5.21 Å². The summed E-state index contributed by atoms with van der Waals surface area (Å²) in [5.74, 6) is 0. The van der Waals surface area contributed by atoms with Crippen molar-refractivity contribution in [2.75, 3.05) is 5.06 Å². The normalized spacial score (nSPS) is 8.90. The smallest absolute Gasteiger partial charge is 0.281 e. The molecule has 1 radical (unpaired) electrons. The highest BCUT2D eigenvalue weighted by molar-refractivity contribution is 5.71. The summed E-state index contributed by atoms with van der Waals surface area (Å²) < 4.78 is 0. The molecule has 51 valence electrons. The van der Waals surface area contributed by atoms with Crippen molar-refractivity contribution >= 4 is 12.1 Å². The van der Waals surface area contributed by atoms with E-state index in [9.17, 15) is 4.79 Å². The van der Waals surface area contributed by atoms with E-state index < -0.39 is 0 Å². The first-order valence-corrected chi connectivity index (χ1v) is 2.76. The van der Waals surface area contributed by atoms with Gasteiger partial charge >= 0.3 is 6.41 Å². The fourth-order valence-electron chi connectivity index (χ4n) is 0.622. The van der Waals surface area contributed by atoms with E-state index in [1.807, 2.05) is 0 Å². The van der Waals surface area contributed by atoms with E-state index in [0.717, 1.165) is 0 Å². The lowest BCUT2D eigenvalue weighted by Crippen LogP contribution is -2.13. The number of amides is 1. The van der Waals surface area contributed by atoms with Crippen LogP contribution in [0.5, 0.6) is 0 Å². The van der Waals surface area contributed by atoms with Crippen LogP contribution in [0.15, 0.2) is 30.3 Å². The lowest BCUT2D eigenvalue weighted by Gasteiger charge is -2.04. The number of nitrogens with zero attached hydrogens (tertiary/aromatic N) is 1. The third kappa shape index (κ3) is 1.33. The molecule has 0 fully saturated rings. The van der Waals surface area contributed by atoms with E-state index in [2.05, 4.69) is 0 Å². The number of rotatable bonds is 2. The van der Waals surface area contributed by atoms with Gasteiger partial charge in [0.15, 0.2) is 0 Å². The monoisotopic (exact) mass is 136 g/mol. The summed E-state index contributed by atoms with van der Waals surface area (Å²) in [5, 5.41) is 9.14. The van der Waals surface area contributed by atoms with Gasteiger partial charge < -0.3 is 0 Å². The summed E-state index contributed by atoms with van der Waals surface area (Å²) in [6, 6.07) is 8.43. The maximum absolute atomic E-state index is 9.86. The van der Waals surface area contributed by atoms with Crippen LogP contribution >= 0.6 is 0 Å². The molecule has 10 heavy (non-hydrogen) atoms. The maximum Gasteiger partial charge on any atom is 0.342 e. The minimum Gasteiger partial charge on any atom is -0.281 e. The van der Waals surface area contributed by atoms with Crippen molar-refractivity contribution < 1.29 is 10.0 Å². The molecule has 0 saturated carbocycles. The number of para-hydroxylation sites is 1. The molecule has 1 aromatic carbocycles. The second kappa shape index (κ2) is 2.98. The minimum atomic E-state index is 0.403. The molecule has 0 aromatic heterocycles. The molecule has 0 aliphatic rings. The van der Waals surface area contributed by atoms with E-state index in [1.54, 1.807) is 30.3 Å². The highest BCUT2D eigenvalue weighted by Gasteiger charge is 1.97. The van der Waals surface area contributed by atoms with Crippen LogP contribution in [0.3, 0.4) is 0 Å². The average molecular weight is 136 g/mol. The third-order valence-electron chi connectivity index (χ3n) is 1.09. The first kappa shape index (κ1) is 6.77. The minimum absolute atomic E-state index is 0.403. The fourth-order valence-corrected chi connectivity index (χ4v) is 0.622. The van der Waals surface area contributed by atoms with Crippen molar-refractivity contribution in [1.82, 2.24) is 0 Å². The van der Waals surface area contributed by atoms with Gasteiger partial charge in [0.2, 0.25) is 0 Å². The van der Waals surface area contributed by atoms with Crippen LogP contribution in [-0.4, -0.2) is 11.6 Å².